The van der Waals surface area contributed by atoms with Gasteiger partial charge in [0, 0.05) is 11.4 Å². The number of rotatable bonds is 2. The standard InChI is InChI=1S/C20H24NP/c1-20(2,3)18-14-15-22(17-12-8-5-9-13-17)19(18)21-16-10-6-4-7-11-16/h4-13,18H,14-15H2,1-3H3. The van der Waals surface area contributed by atoms with Gasteiger partial charge in [0.25, 0.3) is 0 Å². The van der Waals surface area contributed by atoms with Crippen LogP contribution in [0.5, 0.6) is 0 Å². The van der Waals surface area contributed by atoms with E-state index in [9.17, 15) is 0 Å². The van der Waals surface area contributed by atoms with E-state index in [2.05, 4.69) is 81.4 Å². The van der Waals surface area contributed by atoms with Crippen LogP contribution in [0.3, 0.4) is 0 Å². The molecule has 2 aromatic carbocycles. The molecule has 1 heterocycles. The van der Waals surface area contributed by atoms with Gasteiger partial charge in [-0.1, -0.05) is 69.3 Å². The van der Waals surface area contributed by atoms with Crippen LogP contribution in [0.4, 0.5) is 5.69 Å². The number of hydrogen-bond donors (Lipinski definition) is 0. The summed E-state index contributed by atoms with van der Waals surface area (Å²) in [5.41, 5.74) is 2.80. The van der Waals surface area contributed by atoms with Gasteiger partial charge in [0.05, 0.1) is 5.69 Å². The number of hydrogen-bond acceptors (Lipinski definition) is 1. The van der Waals surface area contributed by atoms with Crippen LogP contribution in [0.2, 0.25) is 0 Å². The van der Waals surface area contributed by atoms with Crippen molar-refractivity contribution in [1.82, 2.24) is 0 Å². The van der Waals surface area contributed by atoms with E-state index in [1.165, 1.54) is 23.3 Å². The lowest BCUT2D eigenvalue weighted by atomic mass is 9.80. The fourth-order valence-electron chi connectivity index (χ4n) is 3.15. The Morgan fingerprint density at radius 2 is 1.50 bits per heavy atom. The Kier molecular flexibility index (Phi) is 4.45. The normalized spacial score (nSPS) is 23.9. The highest BCUT2D eigenvalue weighted by Crippen LogP contribution is 2.53. The van der Waals surface area contributed by atoms with Crippen molar-refractivity contribution in [3.05, 3.63) is 60.7 Å². The predicted molar refractivity (Wildman–Crippen MR) is 99.0 cm³/mol. The van der Waals surface area contributed by atoms with Crippen LogP contribution < -0.4 is 5.30 Å². The third kappa shape index (κ3) is 3.31. The summed E-state index contributed by atoms with van der Waals surface area (Å²) in [6.45, 7) is 7.05. The van der Waals surface area contributed by atoms with Gasteiger partial charge in [-0.25, -0.2) is 0 Å². The Balaban J connectivity index is 2.02. The molecule has 2 atom stereocenters. The van der Waals surface area contributed by atoms with Gasteiger partial charge in [-0.2, -0.15) is 0 Å². The number of nitrogens with zero attached hydrogens (tertiary/aromatic N) is 1. The molecule has 1 saturated heterocycles. The lowest BCUT2D eigenvalue weighted by Gasteiger charge is -2.28. The van der Waals surface area contributed by atoms with Crippen LogP contribution in [0.15, 0.2) is 65.7 Å². The monoisotopic (exact) mass is 309 g/mol. The minimum atomic E-state index is -0.281. The smallest absolute Gasteiger partial charge is 0.0633 e. The van der Waals surface area contributed by atoms with Crippen LogP contribution >= 0.6 is 7.92 Å². The minimum Gasteiger partial charge on any atom is -0.252 e. The summed E-state index contributed by atoms with van der Waals surface area (Å²) in [5.74, 6) is 0.582. The Labute approximate surface area is 135 Å². The Morgan fingerprint density at radius 1 is 0.909 bits per heavy atom. The Bertz CT molecular complexity index is 640. The zero-order valence-corrected chi connectivity index (χ0v) is 14.6. The molecule has 0 radical (unpaired) electrons. The van der Waals surface area contributed by atoms with Crippen LogP contribution in [0.1, 0.15) is 27.2 Å². The maximum Gasteiger partial charge on any atom is 0.0633 e. The molecule has 22 heavy (non-hydrogen) atoms. The first-order chi connectivity index (χ1) is 10.6. The van der Waals surface area contributed by atoms with Crippen LogP contribution in [-0.2, 0) is 0 Å². The second kappa shape index (κ2) is 6.34. The highest BCUT2D eigenvalue weighted by atomic mass is 31.1. The molecular weight excluding hydrogens is 285 g/mol. The molecule has 1 aliphatic heterocycles. The molecule has 0 amide bonds. The number of benzene rings is 2. The minimum absolute atomic E-state index is 0.277. The van der Waals surface area contributed by atoms with E-state index < -0.39 is 0 Å². The third-order valence-electron chi connectivity index (χ3n) is 4.34. The van der Waals surface area contributed by atoms with Gasteiger partial charge < -0.3 is 0 Å². The fraction of sp³-hybridized carbons (Fsp3) is 0.350. The van der Waals surface area contributed by atoms with Crippen molar-refractivity contribution in [1.29, 1.82) is 0 Å². The first-order valence-electron chi connectivity index (χ1n) is 8.02. The van der Waals surface area contributed by atoms with E-state index in [1.54, 1.807) is 0 Å². The average Bonchev–Trinajstić information content (AvgIpc) is 2.93. The van der Waals surface area contributed by atoms with Crippen molar-refractivity contribution in [2.75, 3.05) is 6.16 Å². The highest BCUT2D eigenvalue weighted by Gasteiger charge is 2.39. The Hall–Kier alpha value is -1.46. The second-order valence-electron chi connectivity index (χ2n) is 7.00. The van der Waals surface area contributed by atoms with Gasteiger partial charge in [-0.3, -0.25) is 4.99 Å². The van der Waals surface area contributed by atoms with Gasteiger partial charge in [0.1, 0.15) is 0 Å². The van der Waals surface area contributed by atoms with Gasteiger partial charge in [0.2, 0.25) is 0 Å². The van der Waals surface area contributed by atoms with Crippen molar-refractivity contribution < 1.29 is 0 Å². The third-order valence-corrected chi connectivity index (χ3v) is 6.93. The lowest BCUT2D eigenvalue weighted by molar-refractivity contribution is 0.314. The summed E-state index contributed by atoms with van der Waals surface area (Å²) in [6, 6.07) is 21.4. The molecular formula is C20H24NP. The summed E-state index contributed by atoms with van der Waals surface area (Å²) < 4.78 is 0. The van der Waals surface area contributed by atoms with E-state index in [0.29, 0.717) is 5.92 Å². The summed E-state index contributed by atoms with van der Waals surface area (Å²) >= 11 is 0. The molecule has 0 bridgehead atoms. The topological polar surface area (TPSA) is 12.4 Å². The molecule has 1 nitrogen and oxygen atoms in total. The van der Waals surface area contributed by atoms with Crippen molar-refractivity contribution in [3.63, 3.8) is 0 Å². The van der Waals surface area contributed by atoms with Gasteiger partial charge in [-0.05, 0) is 43.4 Å². The average molecular weight is 309 g/mol. The maximum absolute atomic E-state index is 5.11. The molecule has 3 rings (SSSR count). The number of aliphatic imine (C=N–C) groups is 1. The molecule has 2 unspecified atom stereocenters. The predicted octanol–water partition coefficient (Wildman–Crippen LogP) is 5.59. The number of para-hydroxylation sites is 1. The van der Waals surface area contributed by atoms with Gasteiger partial charge in [-0.15, -0.1) is 0 Å². The Morgan fingerprint density at radius 3 is 2.09 bits per heavy atom. The largest absolute Gasteiger partial charge is 0.252 e. The second-order valence-corrected chi connectivity index (χ2v) is 9.28. The molecule has 1 aliphatic rings. The summed E-state index contributed by atoms with van der Waals surface area (Å²) in [5, 5.41) is 1.47. The molecule has 114 valence electrons. The zero-order valence-electron chi connectivity index (χ0n) is 13.7. The fourth-order valence-corrected chi connectivity index (χ4v) is 6.08. The molecule has 0 aromatic heterocycles. The van der Waals surface area contributed by atoms with Crippen LogP contribution in [0, 0.1) is 11.3 Å². The molecule has 0 aliphatic carbocycles. The lowest BCUT2D eigenvalue weighted by Crippen LogP contribution is -2.24. The molecule has 0 saturated carbocycles. The van der Waals surface area contributed by atoms with E-state index in [0.717, 1.165) is 5.69 Å². The molecule has 0 N–H and O–H groups in total. The summed E-state index contributed by atoms with van der Waals surface area (Å²) in [6.07, 6.45) is 2.53. The van der Waals surface area contributed by atoms with Gasteiger partial charge in [0.15, 0.2) is 0 Å². The zero-order chi connectivity index (χ0) is 15.6. The summed E-state index contributed by atoms with van der Waals surface area (Å²) in [4.78, 5) is 5.11. The maximum atomic E-state index is 5.11. The van der Waals surface area contributed by atoms with Crippen molar-refractivity contribution in [3.8, 4) is 0 Å². The van der Waals surface area contributed by atoms with Crippen LogP contribution in [0.25, 0.3) is 0 Å². The summed E-state index contributed by atoms with van der Waals surface area (Å²) in [7, 11) is -0.281. The first-order valence-corrected chi connectivity index (χ1v) is 9.54. The van der Waals surface area contributed by atoms with E-state index in [4.69, 9.17) is 4.99 Å². The van der Waals surface area contributed by atoms with Gasteiger partial charge >= 0.3 is 0 Å². The SMILES string of the molecule is CC(C)(C)C1CCP(c2ccccc2)C1=Nc1ccccc1. The highest BCUT2D eigenvalue weighted by molar-refractivity contribution is 7.82. The van der Waals surface area contributed by atoms with E-state index in [-0.39, 0.29) is 13.3 Å². The van der Waals surface area contributed by atoms with Crippen molar-refractivity contribution >= 4 is 24.4 Å². The molecule has 2 aromatic rings. The molecule has 1 fully saturated rings. The van der Waals surface area contributed by atoms with E-state index >= 15 is 0 Å². The first kappa shape index (κ1) is 15.4. The molecule has 2 heteroatoms. The van der Waals surface area contributed by atoms with Crippen molar-refractivity contribution in [2.45, 2.75) is 27.2 Å². The van der Waals surface area contributed by atoms with E-state index in [1.807, 2.05) is 0 Å². The molecule has 0 spiro atoms. The quantitative estimate of drug-likeness (QED) is 0.641. The van der Waals surface area contributed by atoms with Crippen molar-refractivity contribution in [2.24, 2.45) is 16.3 Å². The van der Waals surface area contributed by atoms with Crippen LogP contribution in [-0.4, -0.2) is 11.6 Å².